The minimum absolute atomic E-state index is 0.781. The molecule has 2 heteroatoms. The van der Waals surface area contributed by atoms with E-state index in [1.807, 2.05) is 0 Å². The molecule has 17 heavy (non-hydrogen) atoms. The fourth-order valence-electron chi connectivity index (χ4n) is 3.98. The Morgan fingerprint density at radius 1 is 0.941 bits per heavy atom. The molecule has 0 spiro atoms. The highest BCUT2D eigenvalue weighted by molar-refractivity contribution is 4.94. The van der Waals surface area contributed by atoms with Crippen LogP contribution in [-0.2, 0) is 0 Å². The van der Waals surface area contributed by atoms with Gasteiger partial charge in [-0.05, 0) is 43.9 Å². The number of hydrogen-bond donors (Lipinski definition) is 1. The highest BCUT2D eigenvalue weighted by atomic mass is 15.2. The molecule has 0 amide bonds. The van der Waals surface area contributed by atoms with Crippen LogP contribution in [0.2, 0.25) is 0 Å². The Hall–Kier alpha value is -0.0800. The van der Waals surface area contributed by atoms with E-state index in [0.717, 1.165) is 30.0 Å². The third-order valence-electron chi connectivity index (χ3n) is 5.26. The fourth-order valence-corrected chi connectivity index (χ4v) is 3.98. The van der Waals surface area contributed by atoms with Crippen LogP contribution < -0.4 is 5.32 Å². The molecule has 1 heterocycles. The van der Waals surface area contributed by atoms with Gasteiger partial charge < -0.3 is 5.32 Å². The van der Waals surface area contributed by atoms with Crippen LogP contribution in [0.15, 0.2) is 0 Å². The Morgan fingerprint density at radius 3 is 2.29 bits per heavy atom. The van der Waals surface area contributed by atoms with Gasteiger partial charge in [0, 0.05) is 31.2 Å². The van der Waals surface area contributed by atoms with Crippen molar-refractivity contribution < 1.29 is 0 Å². The molecule has 0 aromatic rings. The molecular formula is C15H28N2. The van der Waals surface area contributed by atoms with Crippen molar-refractivity contribution in [3.8, 4) is 0 Å². The zero-order valence-electron chi connectivity index (χ0n) is 11.5. The van der Waals surface area contributed by atoms with Crippen molar-refractivity contribution >= 4 is 0 Å². The average Bonchev–Trinajstić information content (AvgIpc) is 3.05. The first-order valence-electron chi connectivity index (χ1n) is 7.74. The number of rotatable bonds is 3. The van der Waals surface area contributed by atoms with E-state index in [2.05, 4.69) is 24.1 Å². The average molecular weight is 236 g/mol. The molecule has 1 saturated heterocycles. The van der Waals surface area contributed by atoms with E-state index in [-0.39, 0.29) is 0 Å². The van der Waals surface area contributed by atoms with Crippen LogP contribution in [0.4, 0.5) is 0 Å². The second kappa shape index (κ2) is 4.89. The first-order chi connectivity index (χ1) is 8.24. The smallest absolute Gasteiger partial charge is 0.0210 e. The van der Waals surface area contributed by atoms with E-state index < -0.39 is 0 Å². The molecule has 0 aromatic heterocycles. The molecule has 3 aliphatic rings. The summed E-state index contributed by atoms with van der Waals surface area (Å²) in [5.41, 5.74) is 0. The molecule has 98 valence electrons. The second-order valence-electron chi connectivity index (χ2n) is 6.79. The lowest BCUT2D eigenvalue weighted by molar-refractivity contribution is 0.191. The number of likely N-dealkylation sites (tertiary alicyclic amines) is 1. The van der Waals surface area contributed by atoms with Gasteiger partial charge in [-0.2, -0.15) is 0 Å². The van der Waals surface area contributed by atoms with Crippen LogP contribution in [0.5, 0.6) is 0 Å². The van der Waals surface area contributed by atoms with E-state index in [4.69, 9.17) is 0 Å². The quantitative estimate of drug-likeness (QED) is 0.810. The SMILES string of the molecule is CC1CCCC(C)C1NC1CCN(C2CC2)C1. The topological polar surface area (TPSA) is 15.3 Å². The van der Waals surface area contributed by atoms with Gasteiger partial charge >= 0.3 is 0 Å². The van der Waals surface area contributed by atoms with Gasteiger partial charge in [0.1, 0.15) is 0 Å². The lowest BCUT2D eigenvalue weighted by Gasteiger charge is -2.37. The molecule has 1 aliphatic heterocycles. The molecular weight excluding hydrogens is 208 g/mol. The van der Waals surface area contributed by atoms with Crippen molar-refractivity contribution in [1.29, 1.82) is 0 Å². The summed E-state index contributed by atoms with van der Waals surface area (Å²) in [4.78, 5) is 2.72. The van der Waals surface area contributed by atoms with Crippen LogP contribution in [0.1, 0.15) is 52.4 Å². The Kier molecular flexibility index (Phi) is 3.45. The Labute approximate surface area is 106 Å². The van der Waals surface area contributed by atoms with Gasteiger partial charge in [0.2, 0.25) is 0 Å². The lowest BCUT2D eigenvalue weighted by atomic mass is 9.78. The highest BCUT2D eigenvalue weighted by Crippen LogP contribution is 2.32. The molecule has 2 nitrogen and oxygen atoms in total. The Morgan fingerprint density at radius 2 is 1.65 bits per heavy atom. The monoisotopic (exact) mass is 236 g/mol. The maximum absolute atomic E-state index is 3.99. The van der Waals surface area contributed by atoms with Crippen LogP contribution in [0.3, 0.4) is 0 Å². The predicted molar refractivity (Wildman–Crippen MR) is 72.1 cm³/mol. The van der Waals surface area contributed by atoms with Gasteiger partial charge in [0.05, 0.1) is 0 Å². The van der Waals surface area contributed by atoms with Crippen molar-refractivity contribution in [2.45, 2.75) is 70.5 Å². The number of nitrogens with zero attached hydrogens (tertiary/aromatic N) is 1. The zero-order valence-corrected chi connectivity index (χ0v) is 11.5. The van der Waals surface area contributed by atoms with Gasteiger partial charge in [0.15, 0.2) is 0 Å². The molecule has 0 bridgehead atoms. The molecule has 3 atom stereocenters. The van der Waals surface area contributed by atoms with Crippen molar-refractivity contribution in [1.82, 2.24) is 10.2 Å². The van der Waals surface area contributed by atoms with E-state index >= 15 is 0 Å². The second-order valence-corrected chi connectivity index (χ2v) is 6.79. The van der Waals surface area contributed by atoms with Gasteiger partial charge in [-0.1, -0.05) is 20.3 Å². The van der Waals surface area contributed by atoms with Crippen molar-refractivity contribution in [3.63, 3.8) is 0 Å². The van der Waals surface area contributed by atoms with Gasteiger partial charge in [-0.25, -0.2) is 0 Å². The molecule has 0 aromatic carbocycles. The van der Waals surface area contributed by atoms with Crippen molar-refractivity contribution in [2.24, 2.45) is 11.8 Å². The highest BCUT2D eigenvalue weighted by Gasteiger charge is 2.36. The third kappa shape index (κ3) is 2.68. The summed E-state index contributed by atoms with van der Waals surface area (Å²) in [5, 5.41) is 3.99. The van der Waals surface area contributed by atoms with Crippen molar-refractivity contribution in [2.75, 3.05) is 13.1 Å². The summed E-state index contributed by atoms with van der Waals surface area (Å²) in [6.07, 6.45) is 8.61. The fraction of sp³-hybridized carbons (Fsp3) is 1.00. The first kappa shape index (κ1) is 12.0. The first-order valence-corrected chi connectivity index (χ1v) is 7.74. The minimum atomic E-state index is 0.781. The molecule has 2 saturated carbocycles. The summed E-state index contributed by atoms with van der Waals surface area (Å²) in [7, 11) is 0. The van der Waals surface area contributed by atoms with Crippen LogP contribution in [-0.4, -0.2) is 36.1 Å². The standard InChI is InChI=1S/C15H28N2/c1-11-4-3-5-12(2)15(11)16-13-8-9-17(10-13)14-6-7-14/h11-16H,3-10H2,1-2H3. The summed E-state index contributed by atoms with van der Waals surface area (Å²) in [6, 6.07) is 2.53. The number of nitrogens with one attached hydrogen (secondary N) is 1. The van der Waals surface area contributed by atoms with E-state index in [1.54, 1.807) is 0 Å². The van der Waals surface area contributed by atoms with Gasteiger partial charge in [-0.15, -0.1) is 0 Å². The van der Waals surface area contributed by atoms with Crippen molar-refractivity contribution in [3.05, 3.63) is 0 Å². The lowest BCUT2D eigenvalue weighted by Crippen LogP contribution is -2.48. The largest absolute Gasteiger partial charge is 0.309 e. The Balaban J connectivity index is 1.51. The molecule has 3 rings (SSSR count). The molecule has 1 N–H and O–H groups in total. The normalized spacial score (nSPS) is 44.1. The van der Waals surface area contributed by atoms with E-state index in [0.29, 0.717) is 0 Å². The van der Waals surface area contributed by atoms with Crippen LogP contribution in [0.25, 0.3) is 0 Å². The summed E-state index contributed by atoms with van der Waals surface area (Å²) in [6.45, 7) is 7.56. The minimum Gasteiger partial charge on any atom is -0.309 e. The van der Waals surface area contributed by atoms with Crippen LogP contribution >= 0.6 is 0 Å². The molecule has 0 radical (unpaired) electrons. The zero-order chi connectivity index (χ0) is 11.8. The molecule has 3 fully saturated rings. The van der Waals surface area contributed by atoms with E-state index in [1.165, 1.54) is 51.6 Å². The third-order valence-corrected chi connectivity index (χ3v) is 5.26. The van der Waals surface area contributed by atoms with Gasteiger partial charge in [-0.3, -0.25) is 4.90 Å². The van der Waals surface area contributed by atoms with Gasteiger partial charge in [0.25, 0.3) is 0 Å². The van der Waals surface area contributed by atoms with E-state index in [9.17, 15) is 0 Å². The molecule has 3 unspecified atom stereocenters. The number of hydrogen-bond acceptors (Lipinski definition) is 2. The summed E-state index contributed by atoms with van der Waals surface area (Å²) in [5.74, 6) is 1.77. The Bertz CT molecular complexity index is 252. The maximum atomic E-state index is 3.99. The predicted octanol–water partition coefficient (Wildman–Crippen LogP) is 2.64. The van der Waals surface area contributed by atoms with Crippen LogP contribution in [0, 0.1) is 11.8 Å². The molecule has 2 aliphatic carbocycles. The maximum Gasteiger partial charge on any atom is 0.0210 e. The summed E-state index contributed by atoms with van der Waals surface area (Å²) >= 11 is 0. The summed E-state index contributed by atoms with van der Waals surface area (Å²) < 4.78 is 0.